The molecule has 0 spiro atoms. The molecule has 1 aromatic rings. The number of sulfone groups is 1. The Labute approximate surface area is 129 Å². The van der Waals surface area contributed by atoms with Gasteiger partial charge in [0.15, 0.2) is 9.84 Å². The van der Waals surface area contributed by atoms with E-state index in [1.165, 1.54) is 5.56 Å². The van der Waals surface area contributed by atoms with Crippen LogP contribution in [-0.2, 0) is 9.84 Å². The van der Waals surface area contributed by atoms with Gasteiger partial charge < -0.3 is 5.32 Å². The third-order valence-corrected chi connectivity index (χ3v) is 7.23. The van der Waals surface area contributed by atoms with Crippen molar-refractivity contribution >= 4 is 9.84 Å². The molecule has 2 rings (SSSR count). The predicted molar refractivity (Wildman–Crippen MR) is 88.3 cm³/mol. The lowest BCUT2D eigenvalue weighted by atomic mass is 9.81. The lowest BCUT2D eigenvalue weighted by Crippen LogP contribution is -2.42. The Morgan fingerprint density at radius 2 is 1.90 bits per heavy atom. The predicted octanol–water partition coefficient (Wildman–Crippen LogP) is 3.28. The number of fused-ring (bicyclic) bond motifs is 1. The van der Waals surface area contributed by atoms with Gasteiger partial charge in [0, 0.05) is 6.04 Å². The highest BCUT2D eigenvalue weighted by Crippen LogP contribution is 2.40. The van der Waals surface area contributed by atoms with Crippen molar-refractivity contribution in [1.82, 2.24) is 5.32 Å². The lowest BCUT2D eigenvalue weighted by molar-refractivity contribution is 0.442. The van der Waals surface area contributed by atoms with E-state index in [9.17, 15) is 8.42 Å². The van der Waals surface area contributed by atoms with Gasteiger partial charge in [0.2, 0.25) is 0 Å². The summed E-state index contributed by atoms with van der Waals surface area (Å²) >= 11 is 0. The minimum atomic E-state index is -3.09. The molecule has 0 fully saturated rings. The topological polar surface area (TPSA) is 46.2 Å². The van der Waals surface area contributed by atoms with Gasteiger partial charge in [0.05, 0.1) is 11.0 Å². The second-order valence-electron chi connectivity index (χ2n) is 6.41. The maximum absolute atomic E-state index is 12.8. The summed E-state index contributed by atoms with van der Waals surface area (Å²) in [5.41, 5.74) is 2.43. The molecule has 0 aliphatic heterocycles. The van der Waals surface area contributed by atoms with E-state index in [2.05, 4.69) is 31.3 Å². The zero-order valence-electron chi connectivity index (χ0n) is 13.5. The van der Waals surface area contributed by atoms with Crippen molar-refractivity contribution in [1.29, 1.82) is 0 Å². The van der Waals surface area contributed by atoms with Gasteiger partial charge in [-0.1, -0.05) is 51.5 Å². The second kappa shape index (κ2) is 6.49. The van der Waals surface area contributed by atoms with E-state index in [0.717, 1.165) is 12.0 Å². The van der Waals surface area contributed by atoms with Gasteiger partial charge in [-0.05, 0) is 36.4 Å². The normalized spacial score (nSPS) is 27.1. The molecule has 0 amide bonds. The van der Waals surface area contributed by atoms with Crippen LogP contribution in [0.2, 0.25) is 0 Å². The molecule has 0 bridgehead atoms. The highest BCUT2D eigenvalue weighted by atomic mass is 32.2. The van der Waals surface area contributed by atoms with Crippen molar-refractivity contribution in [3.05, 3.63) is 35.4 Å². The molecule has 4 heteroatoms. The fourth-order valence-corrected chi connectivity index (χ4v) is 5.94. The molecule has 4 unspecified atom stereocenters. The summed E-state index contributed by atoms with van der Waals surface area (Å²) in [5, 5.41) is 2.93. The molecule has 1 aromatic carbocycles. The molecule has 1 aliphatic carbocycles. The molecular weight excluding hydrogens is 282 g/mol. The Kier molecular flexibility index (Phi) is 5.10. The number of hydrogen-bond acceptors (Lipinski definition) is 3. The quantitative estimate of drug-likeness (QED) is 0.908. The molecule has 3 nitrogen and oxygen atoms in total. The van der Waals surface area contributed by atoms with E-state index in [1.54, 1.807) is 0 Å². The Balaban J connectivity index is 2.38. The molecule has 21 heavy (non-hydrogen) atoms. The van der Waals surface area contributed by atoms with Crippen molar-refractivity contribution in [3.8, 4) is 0 Å². The third-order valence-electron chi connectivity index (χ3n) is 4.81. The van der Waals surface area contributed by atoms with Crippen LogP contribution < -0.4 is 5.32 Å². The van der Waals surface area contributed by atoms with Crippen LogP contribution >= 0.6 is 0 Å². The largest absolute Gasteiger partial charge is 0.312 e. The van der Waals surface area contributed by atoms with E-state index in [1.807, 2.05) is 26.1 Å². The van der Waals surface area contributed by atoms with E-state index in [-0.39, 0.29) is 17.2 Å². The van der Waals surface area contributed by atoms with Crippen LogP contribution in [0.1, 0.15) is 56.7 Å². The number of nitrogens with one attached hydrogen (secondary N) is 1. The summed E-state index contributed by atoms with van der Waals surface area (Å²) in [4.78, 5) is 0. The van der Waals surface area contributed by atoms with Crippen LogP contribution in [0.15, 0.2) is 24.3 Å². The van der Waals surface area contributed by atoms with E-state index >= 15 is 0 Å². The summed E-state index contributed by atoms with van der Waals surface area (Å²) in [7, 11) is -1.23. The van der Waals surface area contributed by atoms with Gasteiger partial charge in [-0.15, -0.1) is 0 Å². The number of rotatable bonds is 5. The Hall–Kier alpha value is -0.870. The highest BCUT2D eigenvalue weighted by Gasteiger charge is 2.40. The first-order chi connectivity index (χ1) is 9.90. The smallest absolute Gasteiger partial charge is 0.155 e. The van der Waals surface area contributed by atoms with Gasteiger partial charge in [-0.25, -0.2) is 8.42 Å². The molecule has 0 saturated carbocycles. The molecule has 0 saturated heterocycles. The molecule has 118 valence electrons. The first kappa shape index (κ1) is 16.5. The highest BCUT2D eigenvalue weighted by molar-refractivity contribution is 7.92. The fourth-order valence-electron chi connectivity index (χ4n) is 3.39. The Morgan fingerprint density at radius 1 is 1.29 bits per heavy atom. The summed E-state index contributed by atoms with van der Waals surface area (Å²) in [6.07, 6.45) is 1.61. The van der Waals surface area contributed by atoms with Gasteiger partial charge in [-0.2, -0.15) is 0 Å². The van der Waals surface area contributed by atoms with Gasteiger partial charge >= 0.3 is 0 Å². The number of benzene rings is 1. The SMILES string of the molecule is CCC(C)CS(=O)(=O)C1CC(C)c2ccccc2C1NC. The van der Waals surface area contributed by atoms with Crippen LogP contribution in [0.3, 0.4) is 0 Å². The molecule has 4 atom stereocenters. The third kappa shape index (κ3) is 3.32. The first-order valence-electron chi connectivity index (χ1n) is 7.88. The van der Waals surface area contributed by atoms with E-state index in [4.69, 9.17) is 0 Å². The Bertz CT molecular complexity index is 582. The van der Waals surface area contributed by atoms with Crippen molar-refractivity contribution in [2.45, 2.75) is 50.8 Å². The fraction of sp³-hybridized carbons (Fsp3) is 0.647. The molecule has 0 radical (unpaired) electrons. The van der Waals surface area contributed by atoms with Crippen LogP contribution in [0, 0.1) is 5.92 Å². The van der Waals surface area contributed by atoms with Crippen molar-refractivity contribution < 1.29 is 8.42 Å². The van der Waals surface area contributed by atoms with Crippen LogP contribution in [-0.4, -0.2) is 26.5 Å². The zero-order chi connectivity index (χ0) is 15.6. The van der Waals surface area contributed by atoms with Crippen LogP contribution in [0.4, 0.5) is 0 Å². The van der Waals surface area contributed by atoms with Crippen molar-refractivity contribution in [2.75, 3.05) is 12.8 Å². The van der Waals surface area contributed by atoms with Gasteiger partial charge in [0.25, 0.3) is 0 Å². The maximum Gasteiger partial charge on any atom is 0.155 e. The van der Waals surface area contributed by atoms with E-state index < -0.39 is 9.84 Å². The molecule has 1 N–H and O–H groups in total. The second-order valence-corrected chi connectivity index (χ2v) is 8.68. The standard InChI is InChI=1S/C17H27NO2S/c1-5-12(2)11-21(19,20)16-10-13(3)14-8-6-7-9-15(14)17(16)18-4/h6-9,12-13,16-18H,5,10-11H2,1-4H3. The minimum Gasteiger partial charge on any atom is -0.312 e. The molecule has 1 aliphatic rings. The summed E-state index contributed by atoms with van der Waals surface area (Å²) in [6, 6.07) is 8.14. The van der Waals surface area contributed by atoms with Gasteiger partial charge in [0.1, 0.15) is 0 Å². The Morgan fingerprint density at radius 3 is 2.48 bits per heavy atom. The number of hydrogen-bond donors (Lipinski definition) is 1. The molecular formula is C17H27NO2S. The average molecular weight is 309 g/mol. The van der Waals surface area contributed by atoms with Crippen LogP contribution in [0.25, 0.3) is 0 Å². The van der Waals surface area contributed by atoms with Crippen molar-refractivity contribution in [2.24, 2.45) is 5.92 Å². The average Bonchev–Trinajstić information content (AvgIpc) is 2.46. The monoisotopic (exact) mass is 309 g/mol. The van der Waals surface area contributed by atoms with E-state index in [0.29, 0.717) is 18.1 Å². The lowest BCUT2D eigenvalue weighted by Gasteiger charge is -2.36. The van der Waals surface area contributed by atoms with Crippen molar-refractivity contribution in [3.63, 3.8) is 0 Å². The summed E-state index contributed by atoms with van der Waals surface area (Å²) in [6.45, 7) is 6.21. The summed E-state index contributed by atoms with van der Waals surface area (Å²) in [5.74, 6) is 0.809. The molecule has 0 heterocycles. The van der Waals surface area contributed by atoms with Crippen LogP contribution in [0.5, 0.6) is 0 Å². The van der Waals surface area contributed by atoms with Gasteiger partial charge in [-0.3, -0.25) is 0 Å². The summed E-state index contributed by atoms with van der Waals surface area (Å²) < 4.78 is 25.7. The maximum atomic E-state index is 12.8. The minimum absolute atomic E-state index is 0.0912. The molecule has 0 aromatic heterocycles. The first-order valence-corrected chi connectivity index (χ1v) is 9.59. The zero-order valence-corrected chi connectivity index (χ0v) is 14.3.